The fraction of sp³-hybridized carbons (Fsp3) is 0.900. The molecule has 4 unspecified atom stereocenters. The van der Waals surface area contributed by atoms with Gasteiger partial charge in [-0.15, -0.1) is 0 Å². The van der Waals surface area contributed by atoms with E-state index in [1.807, 2.05) is 0 Å². The zero-order valence-electron chi connectivity index (χ0n) is 15.4. The van der Waals surface area contributed by atoms with Gasteiger partial charge in [0.2, 0.25) is 0 Å². The number of esters is 2. The Bertz CT molecular complexity index is 429. The van der Waals surface area contributed by atoms with Crippen LogP contribution in [-0.2, 0) is 14.3 Å². The number of hydrogen-bond acceptors (Lipinski definition) is 3. The van der Waals surface area contributed by atoms with Gasteiger partial charge in [-0.25, -0.2) is 0 Å². The summed E-state index contributed by atoms with van der Waals surface area (Å²) in [4.78, 5) is 23.6. The van der Waals surface area contributed by atoms with Crippen molar-refractivity contribution in [2.75, 3.05) is 0 Å². The third-order valence-corrected chi connectivity index (χ3v) is 6.17. The van der Waals surface area contributed by atoms with E-state index in [4.69, 9.17) is 4.74 Å². The third-order valence-electron chi connectivity index (χ3n) is 6.17. The molecule has 1 saturated heterocycles. The van der Waals surface area contributed by atoms with E-state index in [0.717, 1.165) is 31.1 Å². The molecule has 0 bridgehead atoms. The van der Waals surface area contributed by atoms with Gasteiger partial charge in [0.1, 0.15) is 0 Å². The van der Waals surface area contributed by atoms with Gasteiger partial charge in [0.15, 0.2) is 0 Å². The molecule has 2 aliphatic rings. The van der Waals surface area contributed by atoms with E-state index in [0.29, 0.717) is 18.3 Å². The summed E-state index contributed by atoms with van der Waals surface area (Å²) < 4.78 is 4.86. The summed E-state index contributed by atoms with van der Waals surface area (Å²) in [6, 6.07) is 0. The molecule has 1 heterocycles. The van der Waals surface area contributed by atoms with Gasteiger partial charge in [-0.1, -0.05) is 53.4 Å². The Balaban J connectivity index is 1.81. The molecule has 132 valence electrons. The first kappa shape index (κ1) is 18.5. The van der Waals surface area contributed by atoms with Crippen molar-refractivity contribution in [2.24, 2.45) is 29.1 Å². The van der Waals surface area contributed by atoms with Crippen LogP contribution in [0.25, 0.3) is 0 Å². The van der Waals surface area contributed by atoms with E-state index in [1.165, 1.54) is 32.1 Å². The van der Waals surface area contributed by atoms with Crippen LogP contribution in [-0.4, -0.2) is 11.9 Å². The highest BCUT2D eigenvalue weighted by Gasteiger charge is 2.52. The summed E-state index contributed by atoms with van der Waals surface area (Å²) in [6.07, 6.45) is 9.44. The van der Waals surface area contributed by atoms with Crippen LogP contribution < -0.4 is 0 Å². The molecule has 0 aromatic rings. The van der Waals surface area contributed by atoms with E-state index >= 15 is 0 Å². The van der Waals surface area contributed by atoms with Crippen LogP contribution in [0, 0.1) is 29.1 Å². The van der Waals surface area contributed by atoms with Gasteiger partial charge in [0.25, 0.3) is 0 Å². The quantitative estimate of drug-likeness (QED) is 0.482. The van der Waals surface area contributed by atoms with E-state index in [-0.39, 0.29) is 11.9 Å². The second-order valence-corrected chi connectivity index (χ2v) is 8.71. The Morgan fingerprint density at radius 2 is 1.91 bits per heavy atom. The fourth-order valence-corrected chi connectivity index (χ4v) is 4.39. The van der Waals surface area contributed by atoms with Crippen molar-refractivity contribution in [3.63, 3.8) is 0 Å². The molecular formula is C20H34O3. The molecule has 1 saturated carbocycles. The average Bonchev–Trinajstić information content (AvgIpc) is 2.74. The minimum absolute atomic E-state index is 0.246. The Kier molecular flexibility index (Phi) is 6.27. The van der Waals surface area contributed by atoms with Gasteiger partial charge in [-0.3, -0.25) is 9.59 Å². The lowest BCUT2D eigenvalue weighted by Crippen LogP contribution is -2.36. The van der Waals surface area contributed by atoms with Crippen LogP contribution in [0.2, 0.25) is 0 Å². The molecule has 2 fully saturated rings. The number of cyclic esters (lactones) is 2. The monoisotopic (exact) mass is 322 g/mol. The summed E-state index contributed by atoms with van der Waals surface area (Å²) in [5.74, 6) is 2.22. The smallest absolute Gasteiger partial charge is 0.320 e. The molecule has 0 aromatic carbocycles. The Hall–Kier alpha value is -0.860. The summed E-state index contributed by atoms with van der Waals surface area (Å²) in [6.45, 7) is 9.24. The van der Waals surface area contributed by atoms with Crippen LogP contribution in [0.1, 0.15) is 85.5 Å². The number of carbonyl (C=O) groups excluding carboxylic acids is 2. The lowest BCUT2D eigenvalue weighted by Gasteiger charge is -2.38. The maximum atomic E-state index is 12.1. The Morgan fingerprint density at radius 3 is 2.52 bits per heavy atom. The second kappa shape index (κ2) is 7.81. The van der Waals surface area contributed by atoms with Gasteiger partial charge in [-0.05, 0) is 49.4 Å². The summed E-state index contributed by atoms with van der Waals surface area (Å²) in [5.41, 5.74) is -0.477. The van der Waals surface area contributed by atoms with Gasteiger partial charge < -0.3 is 4.74 Å². The molecule has 1 aliphatic carbocycles. The van der Waals surface area contributed by atoms with E-state index in [2.05, 4.69) is 27.7 Å². The topological polar surface area (TPSA) is 43.4 Å². The Morgan fingerprint density at radius 1 is 1.17 bits per heavy atom. The molecule has 0 aromatic heterocycles. The molecule has 4 atom stereocenters. The minimum atomic E-state index is -0.477. The predicted octanol–water partition coefficient (Wildman–Crippen LogP) is 5.13. The number of hydrogen-bond donors (Lipinski definition) is 0. The first-order chi connectivity index (χ1) is 10.8. The van der Waals surface area contributed by atoms with Crippen LogP contribution in [0.4, 0.5) is 0 Å². The highest BCUT2D eigenvalue weighted by atomic mass is 16.6. The van der Waals surface area contributed by atoms with E-state index < -0.39 is 5.41 Å². The first-order valence-corrected chi connectivity index (χ1v) is 9.57. The predicted molar refractivity (Wildman–Crippen MR) is 91.7 cm³/mol. The first-order valence-electron chi connectivity index (χ1n) is 9.57. The Labute approximate surface area is 141 Å². The zero-order chi connectivity index (χ0) is 17.0. The van der Waals surface area contributed by atoms with Crippen LogP contribution in [0.5, 0.6) is 0 Å². The van der Waals surface area contributed by atoms with Crippen molar-refractivity contribution in [3.8, 4) is 0 Å². The molecule has 1 aliphatic heterocycles. The number of rotatable bonds is 7. The van der Waals surface area contributed by atoms with Crippen molar-refractivity contribution < 1.29 is 14.3 Å². The lowest BCUT2D eigenvalue weighted by molar-refractivity contribution is -0.156. The van der Waals surface area contributed by atoms with Crippen molar-refractivity contribution in [3.05, 3.63) is 0 Å². The van der Waals surface area contributed by atoms with Gasteiger partial charge in [0.05, 0.1) is 11.8 Å². The van der Waals surface area contributed by atoms with Crippen LogP contribution >= 0.6 is 0 Å². The van der Waals surface area contributed by atoms with Crippen molar-refractivity contribution in [2.45, 2.75) is 85.5 Å². The van der Waals surface area contributed by atoms with Crippen molar-refractivity contribution in [1.82, 2.24) is 0 Å². The molecule has 0 N–H and O–H groups in total. The average molecular weight is 322 g/mol. The third kappa shape index (κ3) is 4.81. The van der Waals surface area contributed by atoms with Crippen LogP contribution in [0.3, 0.4) is 0 Å². The largest absolute Gasteiger partial charge is 0.393 e. The lowest BCUT2D eigenvalue weighted by atomic mass is 9.63. The summed E-state index contributed by atoms with van der Waals surface area (Å²) in [7, 11) is 0. The van der Waals surface area contributed by atoms with Gasteiger partial charge in [0, 0.05) is 0 Å². The van der Waals surface area contributed by atoms with Crippen molar-refractivity contribution in [1.29, 1.82) is 0 Å². The maximum Gasteiger partial charge on any atom is 0.320 e. The van der Waals surface area contributed by atoms with E-state index in [9.17, 15) is 9.59 Å². The molecule has 0 amide bonds. The highest BCUT2D eigenvalue weighted by molar-refractivity contribution is 5.97. The zero-order valence-corrected chi connectivity index (χ0v) is 15.4. The van der Waals surface area contributed by atoms with Crippen LogP contribution in [0.15, 0.2) is 0 Å². The molecule has 2 rings (SSSR count). The molecule has 1 spiro atoms. The molecule has 23 heavy (non-hydrogen) atoms. The summed E-state index contributed by atoms with van der Waals surface area (Å²) in [5, 5.41) is 0. The molecule has 3 nitrogen and oxygen atoms in total. The second-order valence-electron chi connectivity index (χ2n) is 8.71. The molecular weight excluding hydrogens is 288 g/mol. The highest BCUT2D eigenvalue weighted by Crippen LogP contribution is 2.49. The number of ether oxygens (including phenoxy) is 1. The maximum absolute atomic E-state index is 12.1. The molecule has 0 radical (unpaired) electrons. The fourth-order valence-electron chi connectivity index (χ4n) is 4.39. The normalized spacial score (nSPS) is 32.6. The SMILES string of the molecule is CC(C)CCCC(C)CCC1CC2(CCC1C)CC(=O)OC2=O. The molecule has 3 heteroatoms. The summed E-state index contributed by atoms with van der Waals surface area (Å²) >= 11 is 0. The number of carbonyl (C=O) groups is 2. The standard InChI is InChI=1S/C20H34O3/c1-14(2)6-5-7-15(3)8-9-17-12-20(11-10-16(17)4)13-18(21)23-19(20)22/h14-17H,5-13H2,1-4H3. The van der Waals surface area contributed by atoms with E-state index in [1.54, 1.807) is 0 Å². The van der Waals surface area contributed by atoms with Gasteiger partial charge >= 0.3 is 11.9 Å². The van der Waals surface area contributed by atoms with Crippen molar-refractivity contribution >= 4 is 11.9 Å². The van der Waals surface area contributed by atoms with Gasteiger partial charge in [-0.2, -0.15) is 0 Å². The minimum Gasteiger partial charge on any atom is -0.393 e.